The van der Waals surface area contributed by atoms with E-state index in [9.17, 15) is 9.59 Å². The lowest BCUT2D eigenvalue weighted by atomic mass is 10.00. The molecule has 1 aliphatic heterocycles. The lowest BCUT2D eigenvalue weighted by Gasteiger charge is -2.33. The van der Waals surface area contributed by atoms with Crippen LogP contribution in [0.3, 0.4) is 0 Å². The topological polar surface area (TPSA) is 80.8 Å². The second kappa shape index (κ2) is 11.5. The van der Waals surface area contributed by atoms with Crippen molar-refractivity contribution in [2.45, 2.75) is 32.9 Å². The zero-order valence-corrected chi connectivity index (χ0v) is 22.1. The summed E-state index contributed by atoms with van der Waals surface area (Å²) in [5.41, 5.74) is 3.34. The molecule has 1 aliphatic rings. The maximum absolute atomic E-state index is 13.7. The number of amides is 2. The molecule has 194 valence electrons. The van der Waals surface area contributed by atoms with Gasteiger partial charge in [-0.3, -0.25) is 9.59 Å². The number of nitrogens with one attached hydrogen (secondary N) is 1. The van der Waals surface area contributed by atoms with Gasteiger partial charge in [-0.05, 0) is 23.6 Å². The highest BCUT2D eigenvalue weighted by molar-refractivity contribution is 7.09. The summed E-state index contributed by atoms with van der Waals surface area (Å²) in [6.07, 6.45) is 0.193. The number of carbonyl (C=O) groups is 2. The van der Waals surface area contributed by atoms with Crippen molar-refractivity contribution in [2.75, 3.05) is 12.1 Å². The van der Waals surface area contributed by atoms with Crippen LogP contribution in [0.1, 0.15) is 24.4 Å². The van der Waals surface area contributed by atoms with Crippen molar-refractivity contribution in [3.63, 3.8) is 0 Å². The van der Waals surface area contributed by atoms with Gasteiger partial charge in [0, 0.05) is 22.7 Å². The Bertz CT molecular complexity index is 1410. The van der Waals surface area contributed by atoms with Gasteiger partial charge in [0.2, 0.25) is 18.6 Å². The maximum Gasteiger partial charge on any atom is 0.247 e. The number of hydrogen-bond acceptors (Lipinski definition) is 6. The lowest BCUT2D eigenvalue weighted by molar-refractivity contribution is -0.140. The molecule has 0 fully saturated rings. The smallest absolute Gasteiger partial charge is 0.247 e. The number of rotatable bonds is 9. The normalized spacial score (nSPS) is 12.8. The Kier molecular flexibility index (Phi) is 7.70. The first-order chi connectivity index (χ1) is 18.5. The first-order valence-electron chi connectivity index (χ1n) is 12.5. The van der Waals surface area contributed by atoms with Crippen LogP contribution in [0.2, 0.25) is 0 Å². The van der Waals surface area contributed by atoms with Gasteiger partial charge in [-0.1, -0.05) is 74.5 Å². The largest absolute Gasteiger partial charge is 0.454 e. The fraction of sp³-hybridized carbons (Fsp3) is 0.233. The third-order valence-electron chi connectivity index (χ3n) is 6.32. The highest BCUT2D eigenvalue weighted by Crippen LogP contribution is 2.34. The number of ether oxygens (including phenoxy) is 2. The summed E-state index contributed by atoms with van der Waals surface area (Å²) >= 11 is 1.49. The Balaban J connectivity index is 1.42. The monoisotopic (exact) mass is 527 g/mol. The molecule has 5 rings (SSSR count). The molecule has 0 aliphatic carbocycles. The lowest BCUT2D eigenvalue weighted by Crippen LogP contribution is -2.50. The molecule has 38 heavy (non-hydrogen) atoms. The zero-order chi connectivity index (χ0) is 26.5. The van der Waals surface area contributed by atoms with Crippen molar-refractivity contribution < 1.29 is 19.1 Å². The minimum absolute atomic E-state index is 0.132. The summed E-state index contributed by atoms with van der Waals surface area (Å²) in [5, 5.41) is 5.74. The van der Waals surface area contributed by atoms with E-state index in [1.807, 2.05) is 79.9 Å². The Labute approximate surface area is 226 Å². The van der Waals surface area contributed by atoms with E-state index in [4.69, 9.17) is 14.5 Å². The van der Waals surface area contributed by atoms with Crippen LogP contribution in [-0.4, -0.2) is 34.5 Å². The van der Waals surface area contributed by atoms with Gasteiger partial charge in [0.1, 0.15) is 11.0 Å². The molecule has 7 nitrogen and oxygen atoms in total. The molecule has 1 atom stereocenters. The van der Waals surface area contributed by atoms with Gasteiger partial charge in [-0.15, -0.1) is 11.3 Å². The van der Waals surface area contributed by atoms with Crippen molar-refractivity contribution in [1.29, 1.82) is 0 Å². The molecule has 0 saturated heterocycles. The van der Waals surface area contributed by atoms with Crippen LogP contribution in [0, 0.1) is 5.92 Å². The van der Waals surface area contributed by atoms with Crippen molar-refractivity contribution >= 4 is 28.8 Å². The average Bonchev–Trinajstić information content (AvgIpc) is 3.58. The van der Waals surface area contributed by atoms with Gasteiger partial charge in [-0.25, -0.2) is 4.98 Å². The van der Waals surface area contributed by atoms with Crippen LogP contribution in [0.15, 0.2) is 84.2 Å². The minimum Gasteiger partial charge on any atom is -0.454 e. The van der Waals surface area contributed by atoms with E-state index in [1.54, 1.807) is 23.1 Å². The van der Waals surface area contributed by atoms with Crippen LogP contribution in [0.4, 0.5) is 5.69 Å². The standard InChI is InChI=1S/C30H29N3O4S/c1-20(2)29(30(35)31-23-13-14-25-26(16-23)37-19-36-25)33(28(34)15-21-9-5-3-6-10-21)17-27-32-24(18-38-27)22-11-7-4-8-12-22/h3-14,16,18,20,29H,15,17,19H2,1-2H3,(H,31,35). The Morgan fingerprint density at radius 1 is 0.974 bits per heavy atom. The third kappa shape index (κ3) is 5.86. The van der Waals surface area contributed by atoms with Crippen LogP contribution in [0.5, 0.6) is 11.5 Å². The van der Waals surface area contributed by atoms with Crippen molar-refractivity contribution in [3.8, 4) is 22.8 Å². The van der Waals surface area contributed by atoms with Gasteiger partial charge in [-0.2, -0.15) is 0 Å². The number of anilines is 1. The molecule has 2 heterocycles. The quantitative estimate of drug-likeness (QED) is 0.299. The minimum atomic E-state index is -0.708. The zero-order valence-electron chi connectivity index (χ0n) is 21.3. The summed E-state index contributed by atoms with van der Waals surface area (Å²) in [6.45, 7) is 4.29. The van der Waals surface area contributed by atoms with Gasteiger partial charge in [0.15, 0.2) is 11.5 Å². The summed E-state index contributed by atoms with van der Waals surface area (Å²) < 4.78 is 10.8. The molecule has 0 bridgehead atoms. The summed E-state index contributed by atoms with van der Waals surface area (Å²) in [4.78, 5) is 33.9. The van der Waals surface area contributed by atoms with E-state index in [2.05, 4.69) is 5.32 Å². The van der Waals surface area contributed by atoms with E-state index >= 15 is 0 Å². The molecular formula is C30H29N3O4S. The highest BCUT2D eigenvalue weighted by atomic mass is 32.1. The fourth-order valence-corrected chi connectivity index (χ4v) is 5.28. The molecule has 4 aromatic rings. The number of carbonyl (C=O) groups excluding carboxylic acids is 2. The van der Waals surface area contributed by atoms with Crippen LogP contribution in [0.25, 0.3) is 11.3 Å². The molecule has 2 amide bonds. The molecule has 0 radical (unpaired) electrons. The number of nitrogens with zero attached hydrogens (tertiary/aromatic N) is 2. The van der Waals surface area contributed by atoms with Crippen LogP contribution >= 0.6 is 11.3 Å². The summed E-state index contributed by atoms with van der Waals surface area (Å²) in [7, 11) is 0. The molecule has 8 heteroatoms. The maximum atomic E-state index is 13.7. The summed E-state index contributed by atoms with van der Waals surface area (Å²) in [5.74, 6) is 0.683. The molecule has 3 aromatic carbocycles. The predicted molar refractivity (Wildman–Crippen MR) is 148 cm³/mol. The van der Waals surface area contributed by atoms with Gasteiger partial charge in [0.25, 0.3) is 0 Å². The first-order valence-corrected chi connectivity index (χ1v) is 13.4. The predicted octanol–water partition coefficient (Wildman–Crippen LogP) is 5.77. The molecule has 1 N–H and O–H groups in total. The Hall–Kier alpha value is -4.17. The number of aromatic nitrogens is 1. The van der Waals surface area contributed by atoms with E-state index in [0.717, 1.165) is 21.8 Å². The van der Waals surface area contributed by atoms with Crippen molar-refractivity contribution in [3.05, 3.63) is 94.8 Å². The molecule has 0 saturated carbocycles. The van der Waals surface area contributed by atoms with Gasteiger partial charge in [0.05, 0.1) is 18.7 Å². The molecular weight excluding hydrogens is 498 g/mol. The van der Waals surface area contributed by atoms with Gasteiger partial charge >= 0.3 is 0 Å². The third-order valence-corrected chi connectivity index (χ3v) is 7.15. The van der Waals surface area contributed by atoms with E-state index in [-0.39, 0.29) is 37.5 Å². The first kappa shape index (κ1) is 25.5. The second-order valence-electron chi connectivity index (χ2n) is 9.42. The average molecular weight is 528 g/mol. The van der Waals surface area contributed by atoms with E-state index in [1.165, 1.54) is 11.3 Å². The number of thiazole rings is 1. The number of hydrogen-bond donors (Lipinski definition) is 1. The van der Waals surface area contributed by atoms with E-state index in [0.29, 0.717) is 17.2 Å². The number of fused-ring (bicyclic) bond motifs is 1. The Morgan fingerprint density at radius 3 is 2.42 bits per heavy atom. The van der Waals surface area contributed by atoms with Crippen molar-refractivity contribution in [1.82, 2.24) is 9.88 Å². The number of benzene rings is 3. The highest BCUT2D eigenvalue weighted by Gasteiger charge is 2.33. The van der Waals surface area contributed by atoms with E-state index < -0.39 is 6.04 Å². The Morgan fingerprint density at radius 2 is 1.68 bits per heavy atom. The fourth-order valence-electron chi connectivity index (χ4n) is 4.48. The second-order valence-corrected chi connectivity index (χ2v) is 10.4. The van der Waals surface area contributed by atoms with Crippen molar-refractivity contribution in [2.24, 2.45) is 5.92 Å². The summed E-state index contributed by atoms with van der Waals surface area (Å²) in [6, 6.07) is 24.1. The SMILES string of the molecule is CC(C)C(C(=O)Nc1ccc2c(c1)OCO2)N(Cc1nc(-c2ccccc2)cs1)C(=O)Cc1ccccc1. The van der Waals surface area contributed by atoms with Gasteiger partial charge < -0.3 is 19.7 Å². The molecule has 1 unspecified atom stereocenters. The van der Waals surface area contributed by atoms with Crippen LogP contribution < -0.4 is 14.8 Å². The molecule has 0 spiro atoms. The molecule has 1 aromatic heterocycles. The van der Waals surface area contributed by atoms with Crippen LogP contribution in [-0.2, 0) is 22.6 Å².